The Balaban J connectivity index is 1.83. The quantitative estimate of drug-likeness (QED) is 0.485. The molecule has 0 amide bonds. The van der Waals surface area contributed by atoms with E-state index in [1.54, 1.807) is 24.4 Å². The molecule has 1 N–H and O–H groups in total. The summed E-state index contributed by atoms with van der Waals surface area (Å²) in [6, 6.07) is 12.5. The molecule has 2 aromatic carbocycles. The van der Waals surface area contributed by atoms with E-state index in [-0.39, 0.29) is 13.1 Å². The summed E-state index contributed by atoms with van der Waals surface area (Å²) in [5.41, 5.74) is 0.490. The first-order valence-electron chi connectivity index (χ1n) is 8.53. The number of aliphatic hydroxyl groups is 1. The van der Waals surface area contributed by atoms with Crippen LogP contribution in [0.25, 0.3) is 10.9 Å². The lowest BCUT2D eigenvalue weighted by atomic mass is 9.93. The van der Waals surface area contributed by atoms with E-state index >= 15 is 0 Å². The molecule has 0 bridgehead atoms. The molecule has 0 aliphatic carbocycles. The zero-order valence-corrected chi connectivity index (χ0v) is 16.2. The predicted octanol–water partition coefficient (Wildman–Crippen LogP) is 3.94. The number of hydrogen-bond acceptors (Lipinski definition) is 4. The van der Waals surface area contributed by atoms with Crippen molar-refractivity contribution < 1.29 is 9.90 Å². The van der Waals surface area contributed by atoms with Crippen molar-refractivity contribution in [1.29, 1.82) is 0 Å². The molecule has 1 unspecified atom stereocenters. The Bertz CT molecular complexity index is 1140. The normalized spacial score (nSPS) is 13.5. The first-order chi connectivity index (χ1) is 13.5. The number of para-hydroxylation sites is 1. The second kappa shape index (κ2) is 7.39. The molecule has 2 heterocycles. The Kier molecular flexibility index (Phi) is 4.93. The third kappa shape index (κ3) is 3.42. The summed E-state index contributed by atoms with van der Waals surface area (Å²) >= 11 is 12.4. The maximum absolute atomic E-state index is 11.7. The number of nitrogens with zero attached hydrogens (tertiary/aromatic N) is 4. The minimum Gasteiger partial charge on any atom is -0.381 e. The molecule has 6 nitrogen and oxygen atoms in total. The Morgan fingerprint density at radius 1 is 1.14 bits per heavy atom. The molecule has 0 spiro atoms. The van der Waals surface area contributed by atoms with E-state index in [1.807, 2.05) is 28.8 Å². The van der Waals surface area contributed by atoms with E-state index in [2.05, 4.69) is 10.1 Å². The molecule has 28 heavy (non-hydrogen) atoms. The third-order valence-electron chi connectivity index (χ3n) is 4.70. The van der Waals surface area contributed by atoms with Crippen LogP contribution in [0.4, 0.5) is 0 Å². The first-order valence-corrected chi connectivity index (χ1v) is 9.29. The van der Waals surface area contributed by atoms with Crippen LogP contribution in [0.2, 0.25) is 10.0 Å². The average molecular weight is 415 g/mol. The number of rotatable bonds is 6. The van der Waals surface area contributed by atoms with Crippen LogP contribution < -0.4 is 0 Å². The summed E-state index contributed by atoms with van der Waals surface area (Å²) < 4.78 is 3.39. The lowest BCUT2D eigenvalue weighted by molar-refractivity contribution is -0.00106. The van der Waals surface area contributed by atoms with Crippen LogP contribution >= 0.6 is 23.2 Å². The van der Waals surface area contributed by atoms with Crippen LogP contribution in [-0.2, 0) is 18.7 Å². The molecule has 0 aliphatic heterocycles. The van der Waals surface area contributed by atoms with Gasteiger partial charge in [-0.25, -0.2) is 9.67 Å². The highest BCUT2D eigenvalue weighted by molar-refractivity contribution is 6.35. The number of fused-ring (bicyclic) bond motifs is 1. The van der Waals surface area contributed by atoms with Crippen LogP contribution in [0.3, 0.4) is 0 Å². The van der Waals surface area contributed by atoms with Gasteiger partial charge in [0.2, 0.25) is 0 Å². The number of halogens is 2. The highest BCUT2D eigenvalue weighted by Crippen LogP contribution is 2.34. The van der Waals surface area contributed by atoms with Gasteiger partial charge in [-0.3, -0.25) is 4.79 Å². The second-order valence-electron chi connectivity index (χ2n) is 6.60. The number of hydrogen-bond donors (Lipinski definition) is 1. The van der Waals surface area contributed by atoms with E-state index in [0.29, 0.717) is 21.2 Å². The summed E-state index contributed by atoms with van der Waals surface area (Å²) in [5, 5.41) is 17.5. The summed E-state index contributed by atoms with van der Waals surface area (Å²) in [7, 11) is 0. The number of carbonyl (C=O) groups is 1. The van der Waals surface area contributed by atoms with Gasteiger partial charge in [0.1, 0.15) is 18.3 Å². The van der Waals surface area contributed by atoms with Crippen molar-refractivity contribution in [2.24, 2.45) is 0 Å². The molecule has 4 aromatic rings. The monoisotopic (exact) mass is 414 g/mol. The van der Waals surface area contributed by atoms with Crippen molar-refractivity contribution in [3.8, 4) is 0 Å². The summed E-state index contributed by atoms with van der Waals surface area (Å²) in [4.78, 5) is 15.4. The minimum atomic E-state index is -1.42. The van der Waals surface area contributed by atoms with Gasteiger partial charge in [0.25, 0.3) is 0 Å². The summed E-state index contributed by atoms with van der Waals surface area (Å²) in [6.45, 7) is 0.278. The molecule has 0 radical (unpaired) electrons. The number of carbonyl (C=O) groups excluding carboxylic acids is 1. The van der Waals surface area contributed by atoms with Crippen molar-refractivity contribution in [2.75, 3.05) is 0 Å². The molecular weight excluding hydrogens is 399 g/mol. The molecule has 4 rings (SSSR count). The largest absolute Gasteiger partial charge is 0.381 e. The predicted molar refractivity (Wildman–Crippen MR) is 108 cm³/mol. The van der Waals surface area contributed by atoms with E-state index in [4.69, 9.17) is 23.2 Å². The van der Waals surface area contributed by atoms with Crippen LogP contribution in [-0.4, -0.2) is 30.7 Å². The van der Waals surface area contributed by atoms with Gasteiger partial charge >= 0.3 is 0 Å². The fourth-order valence-corrected chi connectivity index (χ4v) is 4.04. The highest BCUT2D eigenvalue weighted by atomic mass is 35.5. The van der Waals surface area contributed by atoms with Crippen LogP contribution in [0.15, 0.2) is 61.3 Å². The number of benzene rings is 2. The minimum absolute atomic E-state index is 0.122. The maximum Gasteiger partial charge on any atom is 0.152 e. The SMILES string of the molecule is O=Cc1cn(CC(O)(Cn2cncn2)c2ccc(Cl)cc2Cl)c2ccccc12. The number of aldehydes is 1. The zero-order valence-electron chi connectivity index (χ0n) is 14.7. The maximum atomic E-state index is 11.7. The lowest BCUT2D eigenvalue weighted by Gasteiger charge is -2.30. The van der Waals surface area contributed by atoms with Crippen molar-refractivity contribution >= 4 is 40.4 Å². The smallest absolute Gasteiger partial charge is 0.152 e. The van der Waals surface area contributed by atoms with Crippen LogP contribution in [0.1, 0.15) is 15.9 Å². The van der Waals surface area contributed by atoms with Crippen LogP contribution in [0.5, 0.6) is 0 Å². The van der Waals surface area contributed by atoms with Crippen LogP contribution in [0, 0.1) is 0 Å². The summed E-state index contributed by atoms with van der Waals surface area (Å²) in [5.74, 6) is 0. The van der Waals surface area contributed by atoms with Gasteiger partial charge in [-0.05, 0) is 18.2 Å². The van der Waals surface area contributed by atoms with Gasteiger partial charge in [0.05, 0.1) is 13.1 Å². The van der Waals surface area contributed by atoms with E-state index < -0.39 is 5.60 Å². The molecule has 1 atom stereocenters. The fourth-order valence-electron chi connectivity index (χ4n) is 3.45. The van der Waals surface area contributed by atoms with Crippen molar-refractivity contribution in [2.45, 2.75) is 18.7 Å². The Morgan fingerprint density at radius 3 is 2.68 bits per heavy atom. The van der Waals surface area contributed by atoms with Gasteiger partial charge in [-0.15, -0.1) is 0 Å². The number of aromatic nitrogens is 4. The van der Waals surface area contributed by atoms with Gasteiger partial charge in [-0.1, -0.05) is 47.5 Å². The van der Waals surface area contributed by atoms with E-state index in [1.165, 1.54) is 17.3 Å². The van der Waals surface area contributed by atoms with E-state index in [0.717, 1.165) is 17.2 Å². The van der Waals surface area contributed by atoms with Gasteiger partial charge < -0.3 is 9.67 Å². The Hall–Kier alpha value is -2.67. The fraction of sp³-hybridized carbons (Fsp3) is 0.150. The summed E-state index contributed by atoms with van der Waals surface area (Å²) in [6.07, 6.45) is 5.47. The third-order valence-corrected chi connectivity index (χ3v) is 5.25. The van der Waals surface area contributed by atoms with Crippen molar-refractivity contribution in [1.82, 2.24) is 19.3 Å². The zero-order chi connectivity index (χ0) is 19.7. The van der Waals surface area contributed by atoms with Gasteiger partial charge in [0.15, 0.2) is 6.29 Å². The highest BCUT2D eigenvalue weighted by Gasteiger charge is 2.34. The first kappa shape index (κ1) is 18.7. The lowest BCUT2D eigenvalue weighted by Crippen LogP contribution is -2.36. The molecule has 8 heteroatoms. The second-order valence-corrected chi connectivity index (χ2v) is 7.44. The van der Waals surface area contributed by atoms with Gasteiger partial charge in [-0.2, -0.15) is 5.10 Å². The molecule has 0 saturated heterocycles. The molecule has 0 fully saturated rings. The standard InChI is InChI=1S/C20H16Cl2N4O2/c21-15-5-6-17(18(22)7-15)20(28,11-26-13-23-12-24-26)10-25-8-14(9-27)16-3-1-2-4-19(16)25/h1-9,12-13,28H,10-11H2. The molecule has 0 saturated carbocycles. The molecular formula is C20H16Cl2N4O2. The Morgan fingerprint density at radius 2 is 1.96 bits per heavy atom. The molecule has 142 valence electrons. The average Bonchev–Trinajstić information content (AvgIpc) is 3.29. The van der Waals surface area contributed by atoms with E-state index in [9.17, 15) is 9.90 Å². The topological polar surface area (TPSA) is 72.9 Å². The van der Waals surface area contributed by atoms with Crippen molar-refractivity contribution in [3.05, 3.63) is 82.5 Å². The van der Waals surface area contributed by atoms with Gasteiger partial charge in [0, 0.05) is 38.3 Å². The molecule has 0 aliphatic rings. The Labute approximate surface area is 170 Å². The van der Waals surface area contributed by atoms with Crippen molar-refractivity contribution in [3.63, 3.8) is 0 Å². The molecule has 2 aromatic heterocycles.